The molecular formula is C14H17N3O2S. The van der Waals surface area contributed by atoms with Crippen molar-refractivity contribution >= 4 is 20.8 Å². The highest BCUT2D eigenvalue weighted by atomic mass is 32.2. The minimum absolute atomic E-state index is 0.269. The number of pyridine rings is 1. The van der Waals surface area contributed by atoms with Crippen LogP contribution in [0.3, 0.4) is 0 Å². The zero-order chi connectivity index (χ0) is 14.0. The Labute approximate surface area is 118 Å². The molecule has 2 heterocycles. The highest BCUT2D eigenvalue weighted by molar-refractivity contribution is 7.89. The monoisotopic (exact) mass is 291 g/mol. The summed E-state index contributed by atoms with van der Waals surface area (Å²) in [5, 5.41) is 1.55. The summed E-state index contributed by atoms with van der Waals surface area (Å²) in [6.45, 7) is 1.20. The molecule has 1 aliphatic heterocycles. The summed E-state index contributed by atoms with van der Waals surface area (Å²) in [5.74, 6) is 0. The highest BCUT2D eigenvalue weighted by Crippen LogP contribution is 2.24. The molecule has 1 aromatic carbocycles. The maximum absolute atomic E-state index is 12.8. The van der Waals surface area contributed by atoms with E-state index in [1.54, 1.807) is 6.20 Å². The summed E-state index contributed by atoms with van der Waals surface area (Å²) in [4.78, 5) is 4.33. The molecule has 1 N–H and O–H groups in total. The van der Waals surface area contributed by atoms with Gasteiger partial charge in [-0.25, -0.2) is 13.8 Å². The number of fused-ring (bicyclic) bond motifs is 1. The Morgan fingerprint density at radius 1 is 1.10 bits per heavy atom. The Morgan fingerprint density at radius 3 is 2.85 bits per heavy atom. The van der Waals surface area contributed by atoms with Crippen LogP contribution in [-0.4, -0.2) is 30.9 Å². The van der Waals surface area contributed by atoms with Crippen molar-refractivity contribution in [3.63, 3.8) is 0 Å². The smallest absolute Gasteiger partial charge is 0.257 e. The van der Waals surface area contributed by atoms with Gasteiger partial charge in [-0.3, -0.25) is 4.98 Å². The molecule has 0 atom stereocenters. The Bertz CT molecular complexity index is 702. The van der Waals surface area contributed by atoms with Crippen molar-refractivity contribution in [3.8, 4) is 0 Å². The number of hydrazine groups is 1. The molecule has 6 heteroatoms. The van der Waals surface area contributed by atoms with Gasteiger partial charge in [0.15, 0.2) is 0 Å². The van der Waals surface area contributed by atoms with E-state index in [-0.39, 0.29) is 4.90 Å². The molecule has 0 spiro atoms. The summed E-state index contributed by atoms with van der Waals surface area (Å²) in [5.41, 5.74) is 3.00. The summed E-state index contributed by atoms with van der Waals surface area (Å²) >= 11 is 0. The first kappa shape index (κ1) is 13.5. The first-order valence-corrected chi connectivity index (χ1v) is 8.22. The van der Waals surface area contributed by atoms with Crippen molar-refractivity contribution in [3.05, 3.63) is 36.7 Å². The van der Waals surface area contributed by atoms with Gasteiger partial charge in [-0.1, -0.05) is 30.7 Å². The van der Waals surface area contributed by atoms with Crippen LogP contribution in [-0.2, 0) is 10.0 Å². The first-order chi connectivity index (χ1) is 9.69. The summed E-state index contributed by atoms with van der Waals surface area (Å²) < 4.78 is 26.9. The van der Waals surface area contributed by atoms with Crippen LogP contribution >= 0.6 is 0 Å². The van der Waals surface area contributed by atoms with Gasteiger partial charge in [0, 0.05) is 36.3 Å². The third-order valence-electron chi connectivity index (χ3n) is 3.53. The van der Waals surface area contributed by atoms with E-state index in [9.17, 15) is 8.42 Å². The Hall–Kier alpha value is -1.50. The molecule has 5 nitrogen and oxygen atoms in total. The number of nitrogens with zero attached hydrogens (tertiary/aromatic N) is 2. The molecule has 0 amide bonds. The maximum atomic E-state index is 12.8. The molecule has 0 bridgehead atoms. The fraction of sp³-hybridized carbons (Fsp3) is 0.357. The number of benzene rings is 1. The number of hydrogen-bond donors (Lipinski definition) is 1. The summed E-state index contributed by atoms with van der Waals surface area (Å²) in [6, 6.07) is 7.42. The molecular weight excluding hydrogens is 274 g/mol. The van der Waals surface area contributed by atoms with Gasteiger partial charge in [0.1, 0.15) is 4.90 Å². The topological polar surface area (TPSA) is 62.3 Å². The SMILES string of the molecule is O=S(=O)(c1cncc2ccccc12)N1CCCCCN1. The normalized spacial score (nSPS) is 18.0. The standard InChI is InChI=1S/C14H17N3O2S/c18-20(19,17-9-5-1-4-8-16-17)14-11-15-10-12-6-2-3-7-13(12)14/h2-3,6-7,10-11,16H,1,4-5,8-9H2. The lowest BCUT2D eigenvalue weighted by molar-refractivity contribution is 0.336. The predicted octanol–water partition coefficient (Wildman–Crippen LogP) is 1.91. The van der Waals surface area contributed by atoms with E-state index in [0.29, 0.717) is 18.5 Å². The fourth-order valence-corrected chi connectivity index (χ4v) is 3.98. The molecule has 3 rings (SSSR count). The number of sulfonamides is 1. The van der Waals surface area contributed by atoms with E-state index in [0.717, 1.165) is 24.6 Å². The van der Waals surface area contributed by atoms with Crippen LogP contribution in [0.15, 0.2) is 41.6 Å². The lowest BCUT2D eigenvalue weighted by Gasteiger charge is -2.21. The predicted molar refractivity (Wildman–Crippen MR) is 77.5 cm³/mol. The zero-order valence-electron chi connectivity index (χ0n) is 11.1. The highest BCUT2D eigenvalue weighted by Gasteiger charge is 2.27. The quantitative estimate of drug-likeness (QED) is 0.918. The molecule has 1 saturated heterocycles. The second kappa shape index (κ2) is 5.47. The minimum Gasteiger partial charge on any atom is -0.263 e. The van der Waals surface area contributed by atoms with E-state index < -0.39 is 10.0 Å². The Morgan fingerprint density at radius 2 is 1.95 bits per heavy atom. The van der Waals surface area contributed by atoms with Crippen LogP contribution in [0.1, 0.15) is 19.3 Å². The second-order valence-electron chi connectivity index (χ2n) is 4.90. The van der Waals surface area contributed by atoms with E-state index in [1.165, 1.54) is 10.6 Å². The molecule has 0 radical (unpaired) electrons. The second-order valence-corrected chi connectivity index (χ2v) is 6.74. The average Bonchev–Trinajstić information content (AvgIpc) is 2.76. The van der Waals surface area contributed by atoms with Gasteiger partial charge in [-0.2, -0.15) is 0 Å². The molecule has 1 aromatic heterocycles. The minimum atomic E-state index is -3.55. The molecule has 0 unspecified atom stereocenters. The number of aromatic nitrogens is 1. The van der Waals surface area contributed by atoms with Crippen LogP contribution in [0.25, 0.3) is 10.8 Å². The third kappa shape index (κ3) is 2.42. The van der Waals surface area contributed by atoms with Gasteiger partial charge >= 0.3 is 0 Å². The van der Waals surface area contributed by atoms with Crippen LogP contribution in [0.4, 0.5) is 0 Å². The first-order valence-electron chi connectivity index (χ1n) is 6.78. The summed E-state index contributed by atoms with van der Waals surface area (Å²) in [6.07, 6.45) is 6.05. The largest absolute Gasteiger partial charge is 0.263 e. The lowest BCUT2D eigenvalue weighted by Crippen LogP contribution is -2.42. The van der Waals surface area contributed by atoms with E-state index in [1.807, 2.05) is 24.3 Å². The molecule has 106 valence electrons. The van der Waals surface area contributed by atoms with Crippen molar-refractivity contribution in [1.82, 2.24) is 14.8 Å². The van der Waals surface area contributed by atoms with Gasteiger partial charge < -0.3 is 0 Å². The average molecular weight is 291 g/mol. The molecule has 0 aliphatic carbocycles. The van der Waals surface area contributed by atoms with Crippen LogP contribution in [0, 0.1) is 0 Å². The van der Waals surface area contributed by atoms with Crippen molar-refractivity contribution in [1.29, 1.82) is 0 Å². The van der Waals surface area contributed by atoms with Crippen molar-refractivity contribution in [2.24, 2.45) is 0 Å². The Balaban J connectivity index is 2.09. The zero-order valence-corrected chi connectivity index (χ0v) is 11.9. The van der Waals surface area contributed by atoms with Crippen LogP contribution in [0.5, 0.6) is 0 Å². The number of nitrogens with one attached hydrogen (secondary N) is 1. The van der Waals surface area contributed by atoms with Crippen LogP contribution in [0.2, 0.25) is 0 Å². The number of hydrogen-bond acceptors (Lipinski definition) is 4. The number of rotatable bonds is 2. The maximum Gasteiger partial charge on any atom is 0.257 e. The van der Waals surface area contributed by atoms with E-state index >= 15 is 0 Å². The van der Waals surface area contributed by atoms with Gasteiger partial charge in [-0.05, 0) is 12.8 Å². The lowest BCUT2D eigenvalue weighted by atomic mass is 10.2. The third-order valence-corrected chi connectivity index (χ3v) is 5.30. The molecule has 2 aromatic rings. The molecule has 20 heavy (non-hydrogen) atoms. The van der Waals surface area contributed by atoms with E-state index in [2.05, 4.69) is 10.4 Å². The summed E-state index contributed by atoms with van der Waals surface area (Å²) in [7, 11) is -3.55. The van der Waals surface area contributed by atoms with Crippen molar-refractivity contribution in [2.45, 2.75) is 24.2 Å². The molecule has 1 fully saturated rings. The Kier molecular flexibility index (Phi) is 3.69. The van der Waals surface area contributed by atoms with Crippen molar-refractivity contribution in [2.75, 3.05) is 13.1 Å². The van der Waals surface area contributed by atoms with Gasteiger partial charge in [0.25, 0.3) is 10.0 Å². The van der Waals surface area contributed by atoms with Gasteiger partial charge in [-0.15, -0.1) is 4.41 Å². The van der Waals surface area contributed by atoms with Crippen LogP contribution < -0.4 is 5.43 Å². The van der Waals surface area contributed by atoms with Crippen molar-refractivity contribution < 1.29 is 8.42 Å². The molecule has 0 saturated carbocycles. The van der Waals surface area contributed by atoms with E-state index in [4.69, 9.17) is 0 Å². The van der Waals surface area contributed by atoms with Gasteiger partial charge in [0.2, 0.25) is 0 Å². The fourth-order valence-electron chi connectivity index (χ4n) is 2.46. The molecule has 1 aliphatic rings. The van der Waals surface area contributed by atoms with Gasteiger partial charge in [0.05, 0.1) is 0 Å².